The van der Waals surface area contributed by atoms with Gasteiger partial charge in [-0.05, 0) is 6.08 Å². The number of likely N-dealkylation sites (N-methyl/N-ethyl adjacent to an activating group) is 1. The molecule has 0 radical (unpaired) electrons. The molecule has 0 aliphatic rings. The van der Waals surface area contributed by atoms with Crippen LogP contribution in [0.4, 0.5) is 0 Å². The predicted octanol–water partition coefficient (Wildman–Crippen LogP) is 0.631. The molecule has 0 aromatic rings. The van der Waals surface area contributed by atoms with E-state index < -0.39 is 0 Å². The number of hydrogen-bond donors (Lipinski definition) is 1. The van der Waals surface area contributed by atoms with Crippen LogP contribution in [0, 0.1) is 0 Å². The Morgan fingerprint density at radius 2 is 2.10 bits per heavy atom. The van der Waals surface area contributed by atoms with Crippen molar-refractivity contribution in [3.8, 4) is 0 Å². The van der Waals surface area contributed by atoms with Gasteiger partial charge in [0.2, 0.25) is 0 Å². The van der Waals surface area contributed by atoms with Crippen molar-refractivity contribution < 1.29 is 9.59 Å². The quantitative estimate of drug-likeness (QED) is 0.443. The van der Waals surface area contributed by atoms with Crippen molar-refractivity contribution in [1.29, 1.82) is 0 Å². The molecule has 0 spiro atoms. The van der Waals surface area contributed by atoms with Gasteiger partial charge in [-0.3, -0.25) is 0 Å². The van der Waals surface area contributed by atoms with Crippen molar-refractivity contribution in [3.05, 3.63) is 12.7 Å². The van der Waals surface area contributed by atoms with Crippen molar-refractivity contribution in [2.45, 2.75) is 6.42 Å². The minimum atomic E-state index is 0.290. The van der Waals surface area contributed by atoms with Crippen LogP contribution in [-0.2, 0) is 0 Å². The van der Waals surface area contributed by atoms with Crippen molar-refractivity contribution in [2.24, 2.45) is 0 Å². The van der Waals surface area contributed by atoms with E-state index in [0.29, 0.717) is 6.61 Å². The van der Waals surface area contributed by atoms with Gasteiger partial charge in [0.05, 0.1) is 27.2 Å². The van der Waals surface area contributed by atoms with Gasteiger partial charge in [-0.25, -0.2) is 0 Å². The first-order valence-electron chi connectivity index (χ1n) is 3.66. The third-order valence-electron chi connectivity index (χ3n) is 1.54. The van der Waals surface area contributed by atoms with Gasteiger partial charge in [0, 0.05) is 13.0 Å². The van der Waals surface area contributed by atoms with Crippen LogP contribution in [0.25, 0.3) is 0 Å². The van der Waals surface area contributed by atoms with E-state index in [4.69, 9.17) is 5.11 Å². The molecule has 0 unspecified atom stereocenters. The van der Waals surface area contributed by atoms with Crippen LogP contribution < -0.4 is 0 Å². The van der Waals surface area contributed by atoms with E-state index in [-0.39, 0.29) is 0 Å². The first-order chi connectivity index (χ1) is 4.62. The molecule has 1 N–H and O–H groups in total. The molecule has 0 saturated carbocycles. The topological polar surface area (TPSA) is 20.2 Å². The molecule has 0 heterocycles. The van der Waals surface area contributed by atoms with E-state index in [0.717, 1.165) is 24.0 Å². The second kappa shape index (κ2) is 4.47. The molecule has 0 rings (SSSR count). The standard InChI is InChI=1S/C8H18NO/c1-4-6-9(2,3)7-5-8-10/h4,10H,1,5-8H2,2-3H3/q+1. The van der Waals surface area contributed by atoms with Crippen molar-refractivity contribution in [2.75, 3.05) is 33.8 Å². The zero-order valence-electron chi connectivity index (χ0n) is 7.01. The molecule has 60 valence electrons. The Hall–Kier alpha value is -0.340. The second-order valence-corrected chi connectivity index (χ2v) is 3.21. The highest BCUT2D eigenvalue weighted by molar-refractivity contribution is 4.64. The van der Waals surface area contributed by atoms with Crippen LogP contribution in [0.15, 0.2) is 12.7 Å². The third-order valence-corrected chi connectivity index (χ3v) is 1.54. The predicted molar refractivity (Wildman–Crippen MR) is 43.7 cm³/mol. The van der Waals surface area contributed by atoms with Crippen molar-refractivity contribution in [1.82, 2.24) is 0 Å². The summed E-state index contributed by atoms with van der Waals surface area (Å²) in [6.45, 7) is 5.95. The lowest BCUT2D eigenvalue weighted by Crippen LogP contribution is -2.40. The lowest BCUT2D eigenvalue weighted by Gasteiger charge is -2.27. The highest BCUT2D eigenvalue weighted by atomic mass is 16.3. The van der Waals surface area contributed by atoms with Crippen LogP contribution in [0.2, 0.25) is 0 Å². The van der Waals surface area contributed by atoms with Gasteiger partial charge in [-0.1, -0.05) is 6.58 Å². The van der Waals surface area contributed by atoms with Gasteiger partial charge in [-0.15, -0.1) is 0 Å². The minimum absolute atomic E-state index is 0.290. The summed E-state index contributed by atoms with van der Waals surface area (Å²) in [6.07, 6.45) is 2.79. The number of rotatable bonds is 5. The SMILES string of the molecule is C=CC[N+](C)(C)CCCO. The van der Waals surface area contributed by atoms with Gasteiger partial charge in [-0.2, -0.15) is 0 Å². The molecule has 0 saturated heterocycles. The van der Waals surface area contributed by atoms with E-state index in [1.807, 2.05) is 6.08 Å². The van der Waals surface area contributed by atoms with E-state index in [1.54, 1.807) is 0 Å². The molecule has 2 heteroatoms. The first kappa shape index (κ1) is 9.66. The maximum Gasteiger partial charge on any atom is 0.0966 e. The Morgan fingerprint density at radius 3 is 2.50 bits per heavy atom. The molecule has 10 heavy (non-hydrogen) atoms. The Kier molecular flexibility index (Phi) is 4.32. The van der Waals surface area contributed by atoms with Crippen molar-refractivity contribution >= 4 is 0 Å². The number of hydrogen-bond acceptors (Lipinski definition) is 1. The molecule has 0 bridgehead atoms. The maximum atomic E-state index is 8.56. The van der Waals surface area contributed by atoms with Crippen LogP contribution in [-0.4, -0.2) is 43.4 Å². The van der Waals surface area contributed by atoms with Crippen molar-refractivity contribution in [3.63, 3.8) is 0 Å². The average molecular weight is 144 g/mol. The average Bonchev–Trinajstić information content (AvgIpc) is 1.84. The number of nitrogens with zero attached hydrogens (tertiary/aromatic N) is 1. The first-order valence-corrected chi connectivity index (χ1v) is 3.66. The van der Waals surface area contributed by atoms with Crippen LogP contribution in [0.1, 0.15) is 6.42 Å². The molecule has 0 aromatic carbocycles. The summed E-state index contributed by atoms with van der Waals surface area (Å²) in [5, 5.41) is 8.56. The zero-order chi connectivity index (χ0) is 8.04. The summed E-state index contributed by atoms with van der Waals surface area (Å²) >= 11 is 0. The molecule has 0 aromatic heterocycles. The molecule has 0 fully saturated rings. The highest BCUT2D eigenvalue weighted by Crippen LogP contribution is 1.97. The summed E-state index contributed by atoms with van der Waals surface area (Å²) in [5.41, 5.74) is 0. The summed E-state index contributed by atoms with van der Waals surface area (Å²) in [6, 6.07) is 0. The van der Waals surface area contributed by atoms with Gasteiger partial charge in [0.25, 0.3) is 0 Å². The molecule has 0 atom stereocenters. The van der Waals surface area contributed by atoms with Crippen LogP contribution >= 0.6 is 0 Å². The number of aliphatic hydroxyl groups excluding tert-OH is 1. The zero-order valence-corrected chi connectivity index (χ0v) is 7.01. The summed E-state index contributed by atoms with van der Waals surface area (Å²) in [7, 11) is 4.27. The van der Waals surface area contributed by atoms with Gasteiger partial charge < -0.3 is 9.59 Å². The maximum absolute atomic E-state index is 8.56. The summed E-state index contributed by atoms with van der Waals surface area (Å²) in [5.74, 6) is 0. The number of aliphatic hydroxyl groups is 1. The minimum Gasteiger partial charge on any atom is -0.396 e. The fraction of sp³-hybridized carbons (Fsp3) is 0.750. The fourth-order valence-electron chi connectivity index (χ4n) is 0.940. The lowest BCUT2D eigenvalue weighted by molar-refractivity contribution is -0.884. The highest BCUT2D eigenvalue weighted by Gasteiger charge is 2.10. The molecule has 0 aliphatic carbocycles. The summed E-state index contributed by atoms with van der Waals surface area (Å²) in [4.78, 5) is 0. The molecule has 2 nitrogen and oxygen atoms in total. The van der Waals surface area contributed by atoms with E-state index in [9.17, 15) is 0 Å². The third kappa shape index (κ3) is 4.53. The Bertz CT molecular complexity index is 99.4. The Morgan fingerprint density at radius 1 is 1.50 bits per heavy atom. The Labute approximate surface area is 63.4 Å². The molecule has 0 amide bonds. The Balaban J connectivity index is 3.51. The largest absolute Gasteiger partial charge is 0.396 e. The molecule has 0 aliphatic heterocycles. The van der Waals surface area contributed by atoms with Crippen LogP contribution in [0.3, 0.4) is 0 Å². The van der Waals surface area contributed by atoms with E-state index in [1.165, 1.54) is 0 Å². The lowest BCUT2D eigenvalue weighted by atomic mass is 10.3. The normalized spacial score (nSPS) is 11.5. The molecular weight excluding hydrogens is 126 g/mol. The van der Waals surface area contributed by atoms with E-state index >= 15 is 0 Å². The van der Waals surface area contributed by atoms with Gasteiger partial charge in [0.15, 0.2) is 0 Å². The van der Waals surface area contributed by atoms with E-state index in [2.05, 4.69) is 20.7 Å². The molecular formula is C8H18NO+. The smallest absolute Gasteiger partial charge is 0.0966 e. The monoisotopic (exact) mass is 144 g/mol. The fourth-order valence-corrected chi connectivity index (χ4v) is 0.940. The van der Waals surface area contributed by atoms with Gasteiger partial charge >= 0.3 is 0 Å². The van der Waals surface area contributed by atoms with Crippen LogP contribution in [0.5, 0.6) is 0 Å². The van der Waals surface area contributed by atoms with Gasteiger partial charge in [0.1, 0.15) is 0 Å². The second-order valence-electron chi connectivity index (χ2n) is 3.21. The summed E-state index contributed by atoms with van der Waals surface area (Å²) < 4.78 is 0.921. The number of quaternary nitrogens is 1.